The summed E-state index contributed by atoms with van der Waals surface area (Å²) in [6.45, 7) is 6.43. The number of nitrogens with two attached hydrogens (primary N) is 1. The Morgan fingerprint density at radius 3 is 2.80 bits per heavy atom. The lowest BCUT2D eigenvalue weighted by atomic mass is 9.80. The minimum absolute atomic E-state index is 0. The molecule has 5 nitrogen and oxygen atoms in total. The number of anilines is 1. The van der Waals surface area contributed by atoms with Crippen molar-refractivity contribution in [1.82, 2.24) is 9.88 Å². The maximum absolute atomic E-state index is 5.83. The Hall–Kier alpha value is -0.400. The normalized spacial score (nSPS) is 23.2. The fourth-order valence-corrected chi connectivity index (χ4v) is 3.67. The molecule has 1 aromatic heterocycles. The summed E-state index contributed by atoms with van der Waals surface area (Å²) in [7, 11) is 0. The van der Waals surface area contributed by atoms with Gasteiger partial charge in [0.1, 0.15) is 0 Å². The van der Waals surface area contributed by atoms with E-state index in [2.05, 4.69) is 9.88 Å². The zero-order valence-corrected chi connectivity index (χ0v) is 13.2. The molecule has 2 aliphatic rings. The van der Waals surface area contributed by atoms with Crippen LogP contribution in [0.1, 0.15) is 17.7 Å². The fourth-order valence-electron chi connectivity index (χ4n) is 2.94. The molecule has 2 saturated heterocycles. The maximum atomic E-state index is 5.83. The molecular weight excluding hydrogens is 298 g/mol. The van der Waals surface area contributed by atoms with Gasteiger partial charge in [0.2, 0.25) is 0 Å². The van der Waals surface area contributed by atoms with Crippen LogP contribution in [0, 0.1) is 5.41 Å². The topological polar surface area (TPSA) is 60.6 Å². The molecule has 0 radical (unpaired) electrons. The maximum Gasteiger partial charge on any atom is 0.180 e. The lowest BCUT2D eigenvalue weighted by molar-refractivity contribution is -0.0319. The van der Waals surface area contributed by atoms with Crippen molar-refractivity contribution in [3.8, 4) is 0 Å². The van der Waals surface area contributed by atoms with Crippen LogP contribution in [0.3, 0.4) is 0 Å². The molecule has 0 amide bonds. The van der Waals surface area contributed by atoms with Gasteiger partial charge in [0.15, 0.2) is 5.13 Å². The highest BCUT2D eigenvalue weighted by molar-refractivity contribution is 7.15. The molecule has 7 heteroatoms. The lowest BCUT2D eigenvalue weighted by Gasteiger charge is -2.38. The molecular formula is C13H22ClN3O2S. The van der Waals surface area contributed by atoms with Crippen molar-refractivity contribution in [2.45, 2.75) is 19.4 Å². The first-order chi connectivity index (χ1) is 9.26. The van der Waals surface area contributed by atoms with Crippen molar-refractivity contribution >= 4 is 28.9 Å². The van der Waals surface area contributed by atoms with Crippen LogP contribution in [0.2, 0.25) is 0 Å². The van der Waals surface area contributed by atoms with Crippen molar-refractivity contribution in [2.24, 2.45) is 5.41 Å². The van der Waals surface area contributed by atoms with E-state index in [0.717, 1.165) is 58.9 Å². The summed E-state index contributed by atoms with van der Waals surface area (Å²) in [6, 6.07) is 0. The van der Waals surface area contributed by atoms with Crippen LogP contribution in [0.25, 0.3) is 0 Å². The van der Waals surface area contributed by atoms with Crippen molar-refractivity contribution < 1.29 is 9.47 Å². The molecule has 0 atom stereocenters. The highest BCUT2D eigenvalue weighted by Crippen LogP contribution is 2.34. The number of hydrogen-bond donors (Lipinski definition) is 1. The van der Waals surface area contributed by atoms with Gasteiger partial charge in [0.05, 0.1) is 13.2 Å². The van der Waals surface area contributed by atoms with Gasteiger partial charge in [-0.25, -0.2) is 4.98 Å². The van der Waals surface area contributed by atoms with Crippen LogP contribution >= 0.6 is 23.7 Å². The van der Waals surface area contributed by atoms with Gasteiger partial charge in [-0.2, -0.15) is 0 Å². The molecule has 1 spiro atoms. The molecule has 3 heterocycles. The number of nitrogens with zero attached hydrogens (tertiary/aromatic N) is 2. The number of ether oxygens (including phenoxy) is 2. The van der Waals surface area contributed by atoms with Gasteiger partial charge < -0.3 is 15.2 Å². The highest BCUT2D eigenvalue weighted by atomic mass is 35.5. The van der Waals surface area contributed by atoms with Crippen LogP contribution in [0.5, 0.6) is 0 Å². The summed E-state index contributed by atoms with van der Waals surface area (Å²) in [4.78, 5) is 7.84. The number of thiazole rings is 1. The van der Waals surface area contributed by atoms with E-state index in [1.807, 2.05) is 6.20 Å². The third-order valence-corrected chi connectivity index (χ3v) is 4.83. The van der Waals surface area contributed by atoms with Gasteiger partial charge in [0, 0.05) is 49.3 Å². The second-order valence-corrected chi connectivity index (χ2v) is 6.69. The first kappa shape index (κ1) is 16.0. The van der Waals surface area contributed by atoms with E-state index in [0.29, 0.717) is 5.13 Å². The molecule has 1 aromatic rings. The summed E-state index contributed by atoms with van der Waals surface area (Å²) >= 11 is 1.58. The first-order valence-electron chi connectivity index (χ1n) is 6.84. The minimum Gasteiger partial charge on any atom is -0.381 e. The Balaban J connectivity index is 0.00000147. The molecule has 2 aliphatic heterocycles. The van der Waals surface area contributed by atoms with E-state index in [4.69, 9.17) is 15.2 Å². The van der Waals surface area contributed by atoms with Crippen LogP contribution < -0.4 is 5.73 Å². The Bertz CT molecular complexity index is 424. The van der Waals surface area contributed by atoms with Crippen molar-refractivity contribution in [2.75, 3.05) is 45.3 Å². The Labute approximate surface area is 129 Å². The van der Waals surface area contributed by atoms with Crippen LogP contribution in [0.15, 0.2) is 6.20 Å². The molecule has 0 unspecified atom stereocenters. The largest absolute Gasteiger partial charge is 0.381 e. The summed E-state index contributed by atoms with van der Waals surface area (Å²) < 4.78 is 11.3. The van der Waals surface area contributed by atoms with Crippen LogP contribution in [-0.2, 0) is 16.0 Å². The first-order valence-corrected chi connectivity index (χ1v) is 7.66. The Morgan fingerprint density at radius 1 is 1.30 bits per heavy atom. The van der Waals surface area contributed by atoms with E-state index < -0.39 is 0 Å². The molecule has 2 N–H and O–H groups in total. The molecule has 0 saturated carbocycles. The minimum atomic E-state index is 0. The van der Waals surface area contributed by atoms with E-state index in [-0.39, 0.29) is 17.8 Å². The molecule has 3 rings (SSSR count). The predicted molar refractivity (Wildman–Crippen MR) is 82.4 cm³/mol. The van der Waals surface area contributed by atoms with Gasteiger partial charge >= 0.3 is 0 Å². The van der Waals surface area contributed by atoms with Gasteiger partial charge in [0.25, 0.3) is 0 Å². The SMILES string of the molecule is Cl.Nc1ncc(CN2CCOCC3(CCOCC3)C2)s1. The van der Waals surface area contributed by atoms with Gasteiger partial charge in [-0.15, -0.1) is 23.7 Å². The third-order valence-electron chi connectivity index (χ3n) is 4.02. The molecule has 2 fully saturated rings. The number of rotatable bonds is 2. The van der Waals surface area contributed by atoms with Crippen molar-refractivity contribution in [3.63, 3.8) is 0 Å². The summed E-state index contributed by atoms with van der Waals surface area (Å²) in [5, 5.41) is 0.654. The van der Waals surface area contributed by atoms with Crippen molar-refractivity contribution in [1.29, 1.82) is 0 Å². The standard InChI is InChI=1S/C13H21N3O2S.ClH/c14-12-15-7-11(19-12)8-16-3-6-18-10-13(9-16)1-4-17-5-2-13;/h7H,1-6,8-10H2,(H2,14,15);1H. The molecule has 0 aromatic carbocycles. The fraction of sp³-hybridized carbons (Fsp3) is 0.769. The molecule has 114 valence electrons. The van der Waals surface area contributed by atoms with Crippen molar-refractivity contribution in [3.05, 3.63) is 11.1 Å². The average molecular weight is 320 g/mol. The highest BCUT2D eigenvalue weighted by Gasteiger charge is 2.36. The number of nitrogen functional groups attached to an aromatic ring is 1. The zero-order valence-electron chi connectivity index (χ0n) is 11.5. The number of halogens is 1. The predicted octanol–water partition coefficient (Wildman–Crippen LogP) is 1.78. The van der Waals surface area contributed by atoms with E-state index in [1.165, 1.54) is 4.88 Å². The van der Waals surface area contributed by atoms with Crippen LogP contribution in [0.4, 0.5) is 5.13 Å². The molecule has 20 heavy (non-hydrogen) atoms. The van der Waals surface area contributed by atoms with Crippen LogP contribution in [-0.4, -0.2) is 49.4 Å². The zero-order chi connectivity index (χ0) is 13.1. The summed E-state index contributed by atoms with van der Waals surface area (Å²) in [5.74, 6) is 0. The molecule has 0 aliphatic carbocycles. The summed E-state index contributed by atoms with van der Waals surface area (Å²) in [5.41, 5.74) is 5.98. The Kier molecular flexibility index (Phi) is 5.63. The lowest BCUT2D eigenvalue weighted by Crippen LogP contribution is -2.42. The Morgan fingerprint density at radius 2 is 2.10 bits per heavy atom. The second-order valence-electron chi connectivity index (χ2n) is 5.54. The number of aromatic nitrogens is 1. The van der Waals surface area contributed by atoms with E-state index >= 15 is 0 Å². The summed E-state index contributed by atoms with van der Waals surface area (Å²) in [6.07, 6.45) is 4.10. The smallest absolute Gasteiger partial charge is 0.180 e. The monoisotopic (exact) mass is 319 g/mol. The second kappa shape index (κ2) is 7.04. The van der Waals surface area contributed by atoms with Gasteiger partial charge in [-0.1, -0.05) is 0 Å². The van der Waals surface area contributed by atoms with Gasteiger partial charge in [-0.3, -0.25) is 4.90 Å². The van der Waals surface area contributed by atoms with E-state index in [1.54, 1.807) is 11.3 Å². The number of hydrogen-bond acceptors (Lipinski definition) is 6. The third kappa shape index (κ3) is 3.83. The van der Waals surface area contributed by atoms with E-state index in [9.17, 15) is 0 Å². The van der Waals surface area contributed by atoms with Gasteiger partial charge in [-0.05, 0) is 12.8 Å². The average Bonchev–Trinajstić information content (AvgIpc) is 2.71. The molecule has 0 bridgehead atoms. The quantitative estimate of drug-likeness (QED) is 0.900.